The summed E-state index contributed by atoms with van der Waals surface area (Å²) in [7, 11) is 0. The predicted octanol–water partition coefficient (Wildman–Crippen LogP) is 5.03. The van der Waals surface area contributed by atoms with Crippen LogP contribution in [0.15, 0.2) is 60.7 Å². The van der Waals surface area contributed by atoms with Gasteiger partial charge in [0.25, 0.3) is 0 Å². The standard InChI is InChI=1S/C19H26P2S2/c1-3-20(22,4-2)16-11-17-21(23,18-12-7-5-8-13-18)19-14-9-6-10-15-19/h5-10,12-15H,3-4,11,16-17H2,1-2H3. The van der Waals surface area contributed by atoms with E-state index in [1.165, 1.54) is 35.5 Å². The zero-order chi connectivity index (χ0) is 16.8. The van der Waals surface area contributed by atoms with Crippen molar-refractivity contribution in [2.45, 2.75) is 20.3 Å². The Morgan fingerprint density at radius 2 is 1.13 bits per heavy atom. The summed E-state index contributed by atoms with van der Waals surface area (Å²) in [6.07, 6.45) is 5.82. The quantitative estimate of drug-likeness (QED) is 0.590. The minimum Gasteiger partial charge on any atom is -0.0975 e. The summed E-state index contributed by atoms with van der Waals surface area (Å²) in [6, 6.07) is 18.6. The fourth-order valence-corrected chi connectivity index (χ4v) is 9.16. The molecule has 4 heteroatoms. The van der Waals surface area contributed by atoms with Crippen LogP contribution in [0.25, 0.3) is 0 Å². The Balaban J connectivity index is 2.26. The van der Waals surface area contributed by atoms with Gasteiger partial charge in [0.2, 0.25) is 0 Å². The summed E-state index contributed by atoms with van der Waals surface area (Å²) in [5.74, 6) is 0. The first kappa shape index (κ1) is 19.1. The topological polar surface area (TPSA) is 0 Å². The summed E-state index contributed by atoms with van der Waals surface area (Å²) in [5.41, 5.74) is 0. The average molecular weight is 380 g/mol. The molecule has 0 saturated heterocycles. The third-order valence-corrected chi connectivity index (χ3v) is 15.1. The number of hydrogen-bond acceptors (Lipinski definition) is 2. The van der Waals surface area contributed by atoms with Crippen molar-refractivity contribution in [1.82, 2.24) is 0 Å². The SMILES string of the molecule is CCP(=S)(CC)CCCP(=S)(c1ccccc1)c1ccccc1. The van der Waals surface area contributed by atoms with Crippen molar-refractivity contribution in [3.8, 4) is 0 Å². The molecule has 0 unspecified atom stereocenters. The predicted molar refractivity (Wildman–Crippen MR) is 116 cm³/mol. The highest BCUT2D eigenvalue weighted by Gasteiger charge is 2.22. The van der Waals surface area contributed by atoms with Crippen LogP contribution in [0.2, 0.25) is 0 Å². The summed E-state index contributed by atoms with van der Waals surface area (Å²) in [6.45, 7) is 4.52. The van der Waals surface area contributed by atoms with Gasteiger partial charge >= 0.3 is 0 Å². The smallest absolute Gasteiger partial charge is 0.0106 e. The zero-order valence-corrected chi connectivity index (χ0v) is 17.4. The van der Waals surface area contributed by atoms with Crippen LogP contribution in [0.3, 0.4) is 0 Å². The third-order valence-electron chi connectivity index (χ3n) is 4.54. The summed E-state index contributed by atoms with van der Waals surface area (Å²) >= 11 is 12.2. The maximum absolute atomic E-state index is 6.29. The van der Waals surface area contributed by atoms with Crippen LogP contribution in [-0.2, 0) is 23.6 Å². The molecule has 0 aliphatic heterocycles. The molecule has 0 fully saturated rings. The van der Waals surface area contributed by atoms with Crippen LogP contribution in [-0.4, -0.2) is 24.6 Å². The van der Waals surface area contributed by atoms with E-state index in [1.807, 2.05) is 0 Å². The van der Waals surface area contributed by atoms with Gasteiger partial charge in [0.05, 0.1) is 0 Å². The molecule has 0 heterocycles. The molecular formula is C19H26P2S2. The molecule has 0 atom stereocenters. The van der Waals surface area contributed by atoms with Crippen molar-refractivity contribution in [2.75, 3.05) is 24.6 Å². The van der Waals surface area contributed by atoms with E-state index in [0.29, 0.717) is 0 Å². The van der Waals surface area contributed by atoms with E-state index in [1.54, 1.807) is 0 Å². The Labute approximate surface area is 151 Å². The lowest BCUT2D eigenvalue weighted by molar-refractivity contribution is 1.09. The van der Waals surface area contributed by atoms with Crippen molar-refractivity contribution in [1.29, 1.82) is 0 Å². The second-order valence-electron chi connectivity index (χ2n) is 5.90. The van der Waals surface area contributed by atoms with Crippen molar-refractivity contribution in [2.24, 2.45) is 0 Å². The van der Waals surface area contributed by atoms with Gasteiger partial charge in [0, 0.05) is 6.04 Å². The normalized spacial score (nSPS) is 12.3. The van der Waals surface area contributed by atoms with E-state index in [0.717, 1.165) is 6.16 Å². The second kappa shape index (κ2) is 8.72. The lowest BCUT2D eigenvalue weighted by Gasteiger charge is -2.25. The first-order valence-electron chi connectivity index (χ1n) is 8.31. The van der Waals surface area contributed by atoms with Gasteiger partial charge in [-0.3, -0.25) is 0 Å². The summed E-state index contributed by atoms with van der Waals surface area (Å²) in [5, 5.41) is 2.67. The largest absolute Gasteiger partial charge is 0.0975 e. The fraction of sp³-hybridized carbons (Fsp3) is 0.368. The Kier molecular flexibility index (Phi) is 7.23. The van der Waals surface area contributed by atoms with Gasteiger partial charge < -0.3 is 0 Å². The monoisotopic (exact) mass is 380 g/mol. The van der Waals surface area contributed by atoms with Crippen LogP contribution < -0.4 is 10.6 Å². The molecule has 0 aliphatic rings. The molecule has 23 heavy (non-hydrogen) atoms. The third kappa shape index (κ3) is 4.86. The van der Waals surface area contributed by atoms with E-state index in [-0.39, 0.29) is 0 Å². The van der Waals surface area contributed by atoms with Gasteiger partial charge in [0.1, 0.15) is 0 Å². The van der Waals surface area contributed by atoms with Gasteiger partial charge in [-0.25, -0.2) is 0 Å². The molecule has 0 amide bonds. The second-order valence-corrected chi connectivity index (χ2v) is 16.9. The molecule has 0 aliphatic carbocycles. The summed E-state index contributed by atoms with van der Waals surface area (Å²) in [4.78, 5) is 0. The molecule has 0 spiro atoms. The van der Waals surface area contributed by atoms with Crippen LogP contribution in [0.4, 0.5) is 0 Å². The molecule has 0 saturated carbocycles. The van der Waals surface area contributed by atoms with Crippen LogP contribution >= 0.6 is 12.1 Å². The van der Waals surface area contributed by atoms with Gasteiger partial charge in [-0.2, -0.15) is 0 Å². The highest BCUT2D eigenvalue weighted by Crippen LogP contribution is 2.49. The first-order chi connectivity index (χ1) is 11.0. The Morgan fingerprint density at radius 1 is 0.696 bits per heavy atom. The van der Waals surface area contributed by atoms with E-state index in [9.17, 15) is 0 Å². The highest BCUT2D eigenvalue weighted by molar-refractivity contribution is 8.22. The highest BCUT2D eigenvalue weighted by atomic mass is 32.4. The minimum atomic E-state index is -1.73. The lowest BCUT2D eigenvalue weighted by atomic mass is 10.4. The number of hydrogen-bond donors (Lipinski definition) is 0. The Morgan fingerprint density at radius 3 is 1.52 bits per heavy atom. The molecule has 0 radical (unpaired) electrons. The molecule has 0 aromatic heterocycles. The Hall–Kier alpha value is -0.260. The Bertz CT molecular complexity index is 644. The maximum Gasteiger partial charge on any atom is 0.0106 e. The van der Waals surface area contributed by atoms with Crippen molar-refractivity contribution in [3.63, 3.8) is 0 Å². The molecule has 2 aromatic rings. The van der Waals surface area contributed by atoms with E-state index in [2.05, 4.69) is 74.5 Å². The molecular weight excluding hydrogens is 354 g/mol. The molecule has 0 nitrogen and oxygen atoms in total. The number of rotatable bonds is 8. The average Bonchev–Trinajstić information content (AvgIpc) is 2.63. The van der Waals surface area contributed by atoms with Gasteiger partial charge in [0.15, 0.2) is 0 Å². The van der Waals surface area contributed by atoms with E-state index < -0.39 is 12.1 Å². The van der Waals surface area contributed by atoms with Crippen molar-refractivity contribution < 1.29 is 0 Å². The number of benzene rings is 2. The van der Waals surface area contributed by atoms with Crippen LogP contribution in [0.5, 0.6) is 0 Å². The van der Waals surface area contributed by atoms with Gasteiger partial charge in [-0.15, -0.1) is 0 Å². The van der Waals surface area contributed by atoms with E-state index >= 15 is 0 Å². The molecule has 124 valence electrons. The first-order valence-corrected chi connectivity index (χ1v) is 14.7. The maximum atomic E-state index is 6.29. The van der Waals surface area contributed by atoms with Crippen molar-refractivity contribution >= 4 is 46.3 Å². The van der Waals surface area contributed by atoms with Crippen molar-refractivity contribution in [3.05, 3.63) is 60.7 Å². The van der Waals surface area contributed by atoms with E-state index in [4.69, 9.17) is 23.6 Å². The summed E-state index contributed by atoms with van der Waals surface area (Å²) < 4.78 is 0. The van der Waals surface area contributed by atoms with Crippen LogP contribution in [0, 0.1) is 0 Å². The zero-order valence-electron chi connectivity index (χ0n) is 14.0. The molecule has 2 aromatic carbocycles. The molecule has 0 bridgehead atoms. The van der Waals surface area contributed by atoms with Crippen LogP contribution in [0.1, 0.15) is 20.3 Å². The minimum absolute atomic E-state index is 1.09. The lowest BCUT2D eigenvalue weighted by Crippen LogP contribution is -2.18. The van der Waals surface area contributed by atoms with Gasteiger partial charge in [-0.1, -0.05) is 98.1 Å². The van der Waals surface area contributed by atoms with Gasteiger partial charge in [-0.05, 0) is 47.7 Å². The molecule has 0 N–H and O–H groups in total. The molecule has 2 rings (SSSR count). The fourth-order valence-electron chi connectivity index (χ4n) is 2.87.